The van der Waals surface area contributed by atoms with Gasteiger partial charge in [-0.05, 0) is 67.9 Å². The number of hydrogen-bond acceptors (Lipinski definition) is 4. The number of sulfonamides is 1. The second kappa shape index (κ2) is 8.02. The lowest BCUT2D eigenvalue weighted by Gasteiger charge is -2.32. The largest absolute Gasteiger partial charge is 0.435 e. The highest BCUT2D eigenvalue weighted by molar-refractivity contribution is 7.93. The van der Waals surface area contributed by atoms with E-state index in [-0.39, 0.29) is 23.6 Å². The second-order valence-corrected chi connectivity index (χ2v) is 9.61. The summed E-state index contributed by atoms with van der Waals surface area (Å²) in [5.41, 5.74) is 1.48. The lowest BCUT2D eigenvalue weighted by atomic mass is 9.97. The third kappa shape index (κ3) is 4.78. The number of nitrogens with one attached hydrogen (secondary N) is 1. The molecule has 1 N–H and O–H groups in total. The van der Waals surface area contributed by atoms with Gasteiger partial charge in [-0.2, -0.15) is 8.78 Å². The van der Waals surface area contributed by atoms with Gasteiger partial charge < -0.3 is 9.64 Å². The van der Waals surface area contributed by atoms with Crippen molar-refractivity contribution in [3.8, 4) is 5.75 Å². The highest BCUT2D eigenvalue weighted by Crippen LogP contribution is 2.33. The number of aryl methyl sites for hydroxylation is 1. The predicted molar refractivity (Wildman–Crippen MR) is 104 cm³/mol. The number of halogens is 2. The van der Waals surface area contributed by atoms with Crippen molar-refractivity contribution in [1.82, 2.24) is 9.62 Å². The van der Waals surface area contributed by atoms with E-state index in [0.29, 0.717) is 49.2 Å². The zero-order valence-corrected chi connectivity index (χ0v) is 16.8. The minimum absolute atomic E-state index is 0.0732. The molecule has 1 aromatic carbocycles. The van der Waals surface area contributed by atoms with Gasteiger partial charge in [0.25, 0.3) is 0 Å². The van der Waals surface area contributed by atoms with Crippen LogP contribution < -0.4 is 9.46 Å². The molecular weight excluding hydrogens is 402 g/mol. The van der Waals surface area contributed by atoms with E-state index < -0.39 is 16.6 Å². The van der Waals surface area contributed by atoms with E-state index in [0.717, 1.165) is 18.4 Å². The standard InChI is InChI=1S/C20H24F2N2O4S/c21-20(22)28-17-5-3-15-12-18(6-4-14(15)11-17)29(26,27)23-16-7-9-24(10-8-16)19(25)13-1-2-13/h3,5,11-13,16,20,23H,1-2,4,6-10H2. The molecule has 0 unspecified atom stereocenters. The number of rotatable bonds is 6. The van der Waals surface area contributed by atoms with E-state index in [1.807, 2.05) is 4.90 Å². The van der Waals surface area contributed by atoms with Crippen LogP contribution in [-0.2, 0) is 21.2 Å². The van der Waals surface area contributed by atoms with Crippen molar-refractivity contribution in [2.24, 2.45) is 5.92 Å². The predicted octanol–water partition coefficient (Wildman–Crippen LogP) is 2.90. The third-order valence-corrected chi connectivity index (χ3v) is 7.35. The molecule has 1 heterocycles. The van der Waals surface area contributed by atoms with Crippen LogP contribution >= 0.6 is 0 Å². The van der Waals surface area contributed by atoms with Crippen molar-refractivity contribution in [1.29, 1.82) is 0 Å². The number of ether oxygens (including phenoxy) is 1. The second-order valence-electron chi connectivity index (χ2n) is 7.84. The van der Waals surface area contributed by atoms with Crippen LogP contribution in [-0.4, -0.2) is 45.0 Å². The van der Waals surface area contributed by atoms with E-state index in [1.54, 1.807) is 12.1 Å². The summed E-state index contributed by atoms with van der Waals surface area (Å²) in [4.78, 5) is 14.3. The minimum Gasteiger partial charge on any atom is -0.435 e. The van der Waals surface area contributed by atoms with E-state index in [2.05, 4.69) is 9.46 Å². The topological polar surface area (TPSA) is 75.7 Å². The van der Waals surface area contributed by atoms with E-state index in [9.17, 15) is 22.0 Å². The van der Waals surface area contributed by atoms with Crippen LogP contribution in [0.25, 0.3) is 6.08 Å². The first-order valence-electron chi connectivity index (χ1n) is 9.91. The summed E-state index contributed by atoms with van der Waals surface area (Å²) in [7, 11) is -3.64. The van der Waals surface area contributed by atoms with Crippen LogP contribution in [0.5, 0.6) is 5.75 Å². The highest BCUT2D eigenvalue weighted by atomic mass is 32.2. The normalized spacial score (nSPS) is 20.4. The van der Waals surface area contributed by atoms with Crippen LogP contribution in [0.15, 0.2) is 23.1 Å². The monoisotopic (exact) mass is 426 g/mol. The van der Waals surface area contributed by atoms with Crippen molar-refractivity contribution in [3.05, 3.63) is 34.2 Å². The minimum atomic E-state index is -3.64. The summed E-state index contributed by atoms with van der Waals surface area (Å²) >= 11 is 0. The zero-order chi connectivity index (χ0) is 20.6. The van der Waals surface area contributed by atoms with Crippen LogP contribution in [0.4, 0.5) is 8.78 Å². The first-order valence-corrected chi connectivity index (χ1v) is 11.4. The third-order valence-electron chi connectivity index (χ3n) is 5.70. The molecule has 1 amide bonds. The maximum atomic E-state index is 12.8. The first-order chi connectivity index (χ1) is 13.8. The molecule has 6 nitrogen and oxygen atoms in total. The molecule has 0 atom stereocenters. The molecule has 0 spiro atoms. The van der Waals surface area contributed by atoms with E-state index in [4.69, 9.17) is 0 Å². The Labute approximate surface area is 169 Å². The maximum Gasteiger partial charge on any atom is 0.387 e. The van der Waals surface area contributed by atoms with E-state index >= 15 is 0 Å². The summed E-state index contributed by atoms with van der Waals surface area (Å²) in [6.07, 6.45) is 5.49. The van der Waals surface area contributed by atoms with Crippen molar-refractivity contribution in [2.75, 3.05) is 13.1 Å². The van der Waals surface area contributed by atoms with E-state index in [1.165, 1.54) is 12.1 Å². The Hall–Kier alpha value is -2.00. The fourth-order valence-corrected chi connectivity index (χ4v) is 5.41. The molecule has 3 aliphatic rings. The number of piperidine rings is 1. The van der Waals surface area contributed by atoms with Gasteiger partial charge in [-0.25, -0.2) is 13.1 Å². The van der Waals surface area contributed by atoms with Gasteiger partial charge >= 0.3 is 6.61 Å². The number of amides is 1. The molecule has 1 aliphatic heterocycles. The van der Waals surface area contributed by atoms with Crippen LogP contribution in [0, 0.1) is 5.92 Å². The zero-order valence-electron chi connectivity index (χ0n) is 15.9. The highest BCUT2D eigenvalue weighted by Gasteiger charge is 2.35. The lowest BCUT2D eigenvalue weighted by Crippen LogP contribution is -2.47. The molecule has 9 heteroatoms. The molecule has 2 fully saturated rings. The average Bonchev–Trinajstić information content (AvgIpc) is 3.52. The average molecular weight is 426 g/mol. The van der Waals surface area contributed by atoms with Gasteiger partial charge in [0.15, 0.2) is 0 Å². The van der Waals surface area contributed by atoms with Gasteiger partial charge in [0, 0.05) is 25.0 Å². The Bertz CT molecular complexity index is 920. The quantitative estimate of drug-likeness (QED) is 0.759. The van der Waals surface area contributed by atoms with Crippen molar-refractivity contribution in [3.63, 3.8) is 0 Å². The number of alkyl halides is 2. The molecule has 1 saturated heterocycles. The first kappa shape index (κ1) is 20.3. The summed E-state index contributed by atoms with van der Waals surface area (Å²) in [6.45, 7) is -1.73. The number of benzene rings is 1. The summed E-state index contributed by atoms with van der Waals surface area (Å²) in [6, 6.07) is 4.36. The number of allylic oxidation sites excluding steroid dienone is 1. The molecule has 29 heavy (non-hydrogen) atoms. The smallest absolute Gasteiger partial charge is 0.387 e. The number of carbonyl (C=O) groups is 1. The Morgan fingerprint density at radius 3 is 2.52 bits per heavy atom. The van der Waals surface area contributed by atoms with Gasteiger partial charge in [-0.15, -0.1) is 0 Å². The Morgan fingerprint density at radius 2 is 1.86 bits per heavy atom. The van der Waals surface area contributed by atoms with Crippen LogP contribution in [0.2, 0.25) is 0 Å². The van der Waals surface area contributed by atoms with Gasteiger partial charge in [-0.3, -0.25) is 4.79 Å². The molecule has 0 radical (unpaired) electrons. The summed E-state index contributed by atoms with van der Waals surface area (Å²) in [5, 5.41) is 0. The SMILES string of the molecule is O=C(C1CC1)N1CCC(NS(=O)(=O)C2=Cc3ccc(OC(F)F)cc3CC2)CC1. The number of carbonyl (C=O) groups excluding carboxylic acids is 1. The molecule has 1 aromatic rings. The van der Waals surface area contributed by atoms with Gasteiger partial charge in [0.2, 0.25) is 15.9 Å². The van der Waals surface area contributed by atoms with Crippen LogP contribution in [0.3, 0.4) is 0 Å². The fourth-order valence-electron chi connectivity index (χ4n) is 3.93. The van der Waals surface area contributed by atoms with Gasteiger partial charge in [0.1, 0.15) is 5.75 Å². The van der Waals surface area contributed by atoms with Gasteiger partial charge in [-0.1, -0.05) is 6.07 Å². The fraction of sp³-hybridized carbons (Fsp3) is 0.550. The Morgan fingerprint density at radius 1 is 1.14 bits per heavy atom. The molecule has 0 aromatic heterocycles. The summed E-state index contributed by atoms with van der Waals surface area (Å²) in [5.74, 6) is 0.458. The van der Waals surface area contributed by atoms with Crippen molar-refractivity contribution in [2.45, 2.75) is 51.2 Å². The lowest BCUT2D eigenvalue weighted by molar-refractivity contribution is -0.133. The van der Waals surface area contributed by atoms with Crippen molar-refractivity contribution < 1.29 is 26.7 Å². The summed E-state index contributed by atoms with van der Waals surface area (Å²) < 4.78 is 57.6. The number of likely N-dealkylation sites (tertiary alicyclic amines) is 1. The maximum absolute atomic E-state index is 12.8. The molecule has 158 valence electrons. The Balaban J connectivity index is 1.39. The van der Waals surface area contributed by atoms with Crippen LogP contribution in [0.1, 0.15) is 43.2 Å². The number of hydrogen-bond donors (Lipinski definition) is 1. The van der Waals surface area contributed by atoms with Gasteiger partial charge in [0.05, 0.1) is 4.91 Å². The molecule has 0 bridgehead atoms. The molecule has 2 aliphatic carbocycles. The number of fused-ring (bicyclic) bond motifs is 1. The van der Waals surface area contributed by atoms with Crippen molar-refractivity contribution >= 4 is 22.0 Å². The Kier molecular flexibility index (Phi) is 5.61. The molecular formula is C20H24F2N2O4S. The molecule has 1 saturated carbocycles. The number of nitrogens with zero attached hydrogens (tertiary/aromatic N) is 1. The molecule has 4 rings (SSSR count).